The minimum atomic E-state index is -0.357. The maximum absolute atomic E-state index is 10.7. The van der Waals surface area contributed by atoms with E-state index in [1.54, 1.807) is 0 Å². The minimum Gasteiger partial charge on any atom is -0.466 e. The maximum atomic E-state index is 10.7. The van der Waals surface area contributed by atoms with Crippen LogP contribution >= 0.6 is 31.9 Å². The predicted molar refractivity (Wildman–Crippen MR) is 47.4 cm³/mol. The summed E-state index contributed by atoms with van der Waals surface area (Å²) >= 11 is 6.44. The van der Waals surface area contributed by atoms with E-state index in [2.05, 4.69) is 43.2 Å². The van der Waals surface area contributed by atoms with Gasteiger partial charge in [0.1, 0.15) is 0 Å². The third-order valence-corrected chi connectivity index (χ3v) is 1.52. The average Bonchev–Trinajstić information content (AvgIpc) is 1.85. The third-order valence-electron chi connectivity index (χ3n) is 0.875. The Morgan fingerprint density at radius 3 is 2.50 bits per heavy atom. The van der Waals surface area contributed by atoms with Gasteiger partial charge in [-0.1, -0.05) is 38.4 Å². The first-order valence-corrected chi connectivity index (χ1v) is 4.45. The molecule has 0 aliphatic rings. The molecule has 0 bridgehead atoms. The number of esters is 1. The number of methoxy groups -OCH3 is 1. The summed E-state index contributed by atoms with van der Waals surface area (Å²) in [5.74, 6) is -0.357. The first kappa shape index (κ1) is 10.2. The van der Waals surface area contributed by atoms with Gasteiger partial charge in [0.25, 0.3) is 0 Å². The van der Waals surface area contributed by atoms with Crippen molar-refractivity contribution in [3.8, 4) is 0 Å². The van der Waals surface area contributed by atoms with Crippen molar-refractivity contribution < 1.29 is 9.53 Å². The standard InChI is InChI=1S/C6H8Br2O2/c1-4(3-5(7)8)6(9)10-2/h5H,1,3H2,2H3. The molecule has 0 atom stereocenters. The zero-order valence-corrected chi connectivity index (χ0v) is 8.74. The number of carbonyl (C=O) groups excluding carboxylic acids is 1. The van der Waals surface area contributed by atoms with Crippen LogP contribution in [0.1, 0.15) is 6.42 Å². The molecule has 0 unspecified atom stereocenters. The lowest BCUT2D eigenvalue weighted by atomic mass is 10.2. The lowest BCUT2D eigenvalue weighted by molar-refractivity contribution is -0.136. The summed E-state index contributed by atoms with van der Waals surface area (Å²) in [6, 6.07) is 0. The van der Waals surface area contributed by atoms with Crippen molar-refractivity contribution in [2.45, 2.75) is 10.2 Å². The zero-order chi connectivity index (χ0) is 8.15. The highest BCUT2D eigenvalue weighted by atomic mass is 79.9. The van der Waals surface area contributed by atoms with Crippen LogP contribution in [0.15, 0.2) is 12.2 Å². The van der Waals surface area contributed by atoms with Crippen molar-refractivity contribution >= 4 is 37.8 Å². The van der Waals surface area contributed by atoms with Crippen LogP contribution in [0.4, 0.5) is 0 Å². The van der Waals surface area contributed by atoms with E-state index in [9.17, 15) is 4.79 Å². The van der Waals surface area contributed by atoms with Gasteiger partial charge in [-0.05, 0) is 0 Å². The van der Waals surface area contributed by atoms with Gasteiger partial charge in [0.15, 0.2) is 0 Å². The summed E-state index contributed by atoms with van der Waals surface area (Å²) in [5, 5.41) is 0. The number of hydrogen-bond acceptors (Lipinski definition) is 2. The first-order valence-electron chi connectivity index (χ1n) is 2.62. The number of ether oxygens (including phenoxy) is 1. The summed E-state index contributed by atoms with van der Waals surface area (Å²) in [4.78, 5) is 10.7. The molecule has 0 aromatic carbocycles. The SMILES string of the molecule is C=C(CC(Br)Br)C(=O)OC. The van der Waals surface area contributed by atoms with Gasteiger partial charge in [0.2, 0.25) is 0 Å². The van der Waals surface area contributed by atoms with E-state index >= 15 is 0 Å². The highest BCUT2D eigenvalue weighted by Crippen LogP contribution is 2.17. The van der Waals surface area contributed by atoms with Crippen LogP contribution in [0.5, 0.6) is 0 Å². The second-order valence-corrected chi connectivity index (χ2v) is 5.13. The van der Waals surface area contributed by atoms with Crippen LogP contribution in [0.3, 0.4) is 0 Å². The van der Waals surface area contributed by atoms with Gasteiger partial charge >= 0.3 is 5.97 Å². The van der Waals surface area contributed by atoms with Gasteiger partial charge < -0.3 is 4.74 Å². The molecule has 0 heterocycles. The highest BCUT2D eigenvalue weighted by molar-refractivity contribution is 9.24. The molecule has 2 nitrogen and oxygen atoms in total. The van der Waals surface area contributed by atoms with Crippen molar-refractivity contribution in [2.75, 3.05) is 7.11 Å². The second kappa shape index (κ2) is 4.91. The molecule has 0 aromatic rings. The van der Waals surface area contributed by atoms with Crippen LogP contribution in [-0.4, -0.2) is 16.8 Å². The smallest absolute Gasteiger partial charge is 0.333 e. The molecule has 0 N–H and O–H groups in total. The fourth-order valence-electron chi connectivity index (χ4n) is 0.414. The Bertz CT molecular complexity index is 143. The molecule has 0 aliphatic carbocycles. The summed E-state index contributed by atoms with van der Waals surface area (Å²) in [6.45, 7) is 3.53. The Morgan fingerprint density at radius 2 is 2.20 bits per heavy atom. The molecule has 0 fully saturated rings. The number of halogens is 2. The van der Waals surface area contributed by atoms with E-state index < -0.39 is 0 Å². The van der Waals surface area contributed by atoms with E-state index in [0.717, 1.165) is 0 Å². The first-order chi connectivity index (χ1) is 4.57. The van der Waals surface area contributed by atoms with Gasteiger partial charge in [0, 0.05) is 12.0 Å². The summed E-state index contributed by atoms with van der Waals surface area (Å²) < 4.78 is 4.52. The van der Waals surface area contributed by atoms with E-state index in [4.69, 9.17) is 0 Å². The number of carbonyl (C=O) groups is 1. The predicted octanol–water partition coefficient (Wildman–Crippen LogP) is 2.22. The molecule has 58 valence electrons. The Labute approximate surface area is 76.9 Å². The Kier molecular flexibility index (Phi) is 4.99. The molecule has 0 amide bonds. The lowest BCUT2D eigenvalue weighted by Gasteiger charge is -2.02. The third kappa shape index (κ3) is 4.06. The van der Waals surface area contributed by atoms with Crippen molar-refractivity contribution in [1.82, 2.24) is 0 Å². The van der Waals surface area contributed by atoms with Crippen LogP contribution in [0, 0.1) is 0 Å². The number of rotatable bonds is 3. The van der Waals surface area contributed by atoms with Gasteiger partial charge in [0.05, 0.1) is 10.8 Å². The maximum Gasteiger partial charge on any atom is 0.333 e. The van der Waals surface area contributed by atoms with Crippen LogP contribution in [0.2, 0.25) is 0 Å². The van der Waals surface area contributed by atoms with Crippen molar-refractivity contribution in [3.63, 3.8) is 0 Å². The molecular weight excluding hydrogens is 264 g/mol. The summed E-state index contributed by atoms with van der Waals surface area (Å²) in [6.07, 6.45) is 0.548. The fraction of sp³-hybridized carbons (Fsp3) is 0.500. The number of alkyl halides is 2. The van der Waals surface area contributed by atoms with E-state index in [-0.39, 0.29) is 9.71 Å². The monoisotopic (exact) mass is 270 g/mol. The normalized spacial score (nSPS) is 9.60. The largest absolute Gasteiger partial charge is 0.466 e. The summed E-state index contributed by atoms with van der Waals surface area (Å²) in [7, 11) is 1.34. The second-order valence-electron chi connectivity index (χ2n) is 1.69. The van der Waals surface area contributed by atoms with Gasteiger partial charge in [-0.3, -0.25) is 0 Å². The number of hydrogen-bond donors (Lipinski definition) is 0. The molecule has 0 spiro atoms. The van der Waals surface area contributed by atoms with Crippen LogP contribution in [0.25, 0.3) is 0 Å². The van der Waals surface area contributed by atoms with Crippen molar-refractivity contribution in [3.05, 3.63) is 12.2 Å². The molecular formula is C6H8Br2O2. The van der Waals surface area contributed by atoms with E-state index in [0.29, 0.717) is 12.0 Å². The fourth-order valence-corrected chi connectivity index (χ4v) is 1.20. The van der Waals surface area contributed by atoms with Crippen molar-refractivity contribution in [2.24, 2.45) is 0 Å². The Morgan fingerprint density at radius 1 is 1.70 bits per heavy atom. The molecule has 4 heteroatoms. The van der Waals surface area contributed by atoms with Crippen molar-refractivity contribution in [1.29, 1.82) is 0 Å². The van der Waals surface area contributed by atoms with Gasteiger partial charge in [-0.15, -0.1) is 0 Å². The van der Waals surface area contributed by atoms with Gasteiger partial charge in [-0.2, -0.15) is 0 Å². The van der Waals surface area contributed by atoms with Crippen LogP contribution < -0.4 is 0 Å². The Balaban J connectivity index is 3.74. The van der Waals surface area contributed by atoms with E-state index in [1.165, 1.54) is 7.11 Å². The molecule has 10 heavy (non-hydrogen) atoms. The minimum absolute atomic E-state index is 0.0894. The van der Waals surface area contributed by atoms with E-state index in [1.807, 2.05) is 0 Å². The molecule has 0 aromatic heterocycles. The lowest BCUT2D eigenvalue weighted by Crippen LogP contribution is -2.05. The van der Waals surface area contributed by atoms with Gasteiger partial charge in [-0.25, -0.2) is 4.79 Å². The highest BCUT2D eigenvalue weighted by Gasteiger charge is 2.09. The van der Waals surface area contributed by atoms with Crippen LogP contribution in [-0.2, 0) is 9.53 Å². The molecule has 0 rings (SSSR count). The summed E-state index contributed by atoms with van der Waals surface area (Å²) in [5.41, 5.74) is 0.459. The zero-order valence-electron chi connectivity index (χ0n) is 5.56. The molecule has 0 radical (unpaired) electrons. The topological polar surface area (TPSA) is 26.3 Å². The Hall–Kier alpha value is 0.170. The average molecular weight is 272 g/mol. The molecule has 0 saturated carbocycles. The quantitative estimate of drug-likeness (QED) is 0.447. The molecule has 0 saturated heterocycles. The molecule has 0 aliphatic heterocycles.